The Labute approximate surface area is 347 Å². The average molecular weight is 779 g/mol. The van der Waals surface area contributed by atoms with Gasteiger partial charge in [0.1, 0.15) is 26.4 Å². The molecule has 0 radical (unpaired) electrons. The van der Waals surface area contributed by atoms with E-state index in [0.29, 0.717) is 26.4 Å². The highest BCUT2D eigenvalue weighted by molar-refractivity contribution is 6.10. The number of hydrogen-bond donors (Lipinski definition) is 0. The highest BCUT2D eigenvalue weighted by atomic mass is 16.6. The zero-order valence-electron chi connectivity index (χ0n) is 32.7. The summed E-state index contributed by atoms with van der Waals surface area (Å²) in [7, 11) is 0. The number of pyridine rings is 2. The summed E-state index contributed by atoms with van der Waals surface area (Å²) in [4.78, 5) is 9.69. The monoisotopic (exact) mass is 778 g/mol. The summed E-state index contributed by atoms with van der Waals surface area (Å²) in [5.74, 6) is 3.19. The summed E-state index contributed by atoms with van der Waals surface area (Å²) in [5.41, 5.74) is 8.72. The minimum absolute atomic E-state index is 0.575. The fourth-order valence-electron chi connectivity index (χ4n) is 8.59. The van der Waals surface area contributed by atoms with Crippen molar-refractivity contribution in [3.8, 4) is 67.8 Å². The molecule has 0 spiro atoms. The van der Waals surface area contributed by atoms with E-state index in [1.54, 1.807) is 0 Å². The van der Waals surface area contributed by atoms with Crippen LogP contribution in [0.4, 0.5) is 0 Å². The van der Waals surface area contributed by atoms with Gasteiger partial charge < -0.3 is 18.9 Å². The van der Waals surface area contributed by atoms with E-state index in [1.165, 1.54) is 32.3 Å². The quantitative estimate of drug-likeness (QED) is 0.177. The molecule has 0 amide bonds. The molecule has 0 bridgehead atoms. The second-order valence-electron chi connectivity index (χ2n) is 14.9. The number of ether oxygens (including phenoxy) is 4. The standard InChI is InChI=1S/2C27H19NO2/c2*1-3-7-21-18(5-1)9-11-22(20-10-12-24-25(17-20)30-16-15-29-24)26(21)27-23-8-4-2-6-19(23)13-14-28-27/h2*1-14,17H,15-16H2. The Hall–Kier alpha value is -7.70. The smallest absolute Gasteiger partial charge is 0.161 e. The SMILES string of the molecule is c1ccc2c(-c3c(-c4ccc5c(c4)OCCO5)ccc4ccccc34)nccc2c1.c1ccc2c(-c3c(-c4ccc5c(c4)OCCO5)ccc4ccccc34)nccc2c1. The molecule has 0 N–H and O–H groups in total. The summed E-state index contributed by atoms with van der Waals surface area (Å²) in [6.45, 7) is 2.33. The molecule has 2 aliphatic heterocycles. The van der Waals surface area contributed by atoms with Gasteiger partial charge in [-0.25, -0.2) is 0 Å². The fourth-order valence-corrected chi connectivity index (χ4v) is 8.59. The van der Waals surface area contributed by atoms with Crippen molar-refractivity contribution in [2.45, 2.75) is 0 Å². The van der Waals surface area contributed by atoms with E-state index in [9.17, 15) is 0 Å². The summed E-state index contributed by atoms with van der Waals surface area (Å²) in [5, 5.41) is 9.44. The Balaban J connectivity index is 0.000000136. The maximum absolute atomic E-state index is 5.85. The first-order valence-corrected chi connectivity index (χ1v) is 20.3. The molecule has 4 heterocycles. The third-order valence-electron chi connectivity index (χ3n) is 11.4. The minimum Gasteiger partial charge on any atom is -0.486 e. The van der Waals surface area contributed by atoms with Gasteiger partial charge in [-0.15, -0.1) is 0 Å². The van der Waals surface area contributed by atoms with Crippen LogP contribution in [0.5, 0.6) is 23.0 Å². The predicted molar refractivity (Wildman–Crippen MR) is 242 cm³/mol. The van der Waals surface area contributed by atoms with Crippen LogP contribution >= 0.6 is 0 Å². The van der Waals surface area contributed by atoms with Crippen LogP contribution in [0, 0.1) is 0 Å². The van der Waals surface area contributed by atoms with E-state index in [2.05, 4.69) is 158 Å². The lowest BCUT2D eigenvalue weighted by Crippen LogP contribution is -2.15. The first-order chi connectivity index (χ1) is 29.8. The van der Waals surface area contributed by atoms with Crippen LogP contribution in [0.15, 0.2) is 182 Å². The van der Waals surface area contributed by atoms with Gasteiger partial charge in [0.25, 0.3) is 0 Å². The second kappa shape index (κ2) is 15.2. The van der Waals surface area contributed by atoms with Crippen molar-refractivity contribution in [3.05, 3.63) is 182 Å². The van der Waals surface area contributed by atoms with Crippen LogP contribution in [0.3, 0.4) is 0 Å². The maximum Gasteiger partial charge on any atom is 0.161 e. The molecule has 0 saturated heterocycles. The van der Waals surface area contributed by atoms with Crippen LogP contribution in [0.2, 0.25) is 0 Å². The van der Waals surface area contributed by atoms with E-state index in [0.717, 1.165) is 78.5 Å². The van der Waals surface area contributed by atoms with Crippen molar-refractivity contribution in [3.63, 3.8) is 0 Å². The zero-order chi connectivity index (χ0) is 39.8. The van der Waals surface area contributed by atoms with E-state index in [4.69, 9.17) is 28.9 Å². The lowest BCUT2D eigenvalue weighted by Gasteiger charge is -2.20. The van der Waals surface area contributed by atoms with Gasteiger partial charge in [-0.05, 0) is 91.0 Å². The number of aromatic nitrogens is 2. The molecule has 10 aromatic rings. The largest absolute Gasteiger partial charge is 0.486 e. The van der Waals surface area contributed by atoms with Crippen LogP contribution < -0.4 is 18.9 Å². The summed E-state index contributed by atoms with van der Waals surface area (Å²) in [6.07, 6.45) is 3.79. The molecule has 0 aliphatic carbocycles. The number of fused-ring (bicyclic) bond motifs is 6. The highest BCUT2D eigenvalue weighted by Gasteiger charge is 2.20. The Morgan fingerprint density at radius 3 is 1.12 bits per heavy atom. The lowest BCUT2D eigenvalue weighted by molar-refractivity contribution is 0.171. The summed E-state index contributed by atoms with van der Waals surface area (Å²) < 4.78 is 23.1. The molecule has 6 nitrogen and oxygen atoms in total. The molecule has 288 valence electrons. The normalized spacial score (nSPS) is 12.9. The second-order valence-corrected chi connectivity index (χ2v) is 14.9. The van der Waals surface area contributed by atoms with Crippen molar-refractivity contribution < 1.29 is 18.9 Å². The van der Waals surface area contributed by atoms with E-state index in [1.807, 2.05) is 24.5 Å². The van der Waals surface area contributed by atoms with Gasteiger partial charge in [0.2, 0.25) is 0 Å². The molecule has 6 heteroatoms. The maximum atomic E-state index is 5.85. The van der Waals surface area contributed by atoms with Crippen molar-refractivity contribution in [2.75, 3.05) is 26.4 Å². The van der Waals surface area contributed by atoms with Gasteiger partial charge in [-0.2, -0.15) is 0 Å². The Morgan fingerprint density at radius 2 is 0.683 bits per heavy atom. The van der Waals surface area contributed by atoms with Crippen LogP contribution in [0.25, 0.3) is 87.9 Å². The van der Waals surface area contributed by atoms with Gasteiger partial charge in [0.15, 0.2) is 23.0 Å². The Morgan fingerprint density at radius 1 is 0.317 bits per heavy atom. The number of rotatable bonds is 4. The molecule has 0 fully saturated rings. The summed E-state index contributed by atoms with van der Waals surface area (Å²) >= 11 is 0. The van der Waals surface area contributed by atoms with Crippen molar-refractivity contribution in [1.29, 1.82) is 0 Å². The number of hydrogen-bond acceptors (Lipinski definition) is 6. The van der Waals surface area contributed by atoms with E-state index < -0.39 is 0 Å². The van der Waals surface area contributed by atoms with Gasteiger partial charge in [0.05, 0.1) is 11.4 Å². The first kappa shape index (κ1) is 35.5. The Bertz CT molecular complexity index is 3020. The topological polar surface area (TPSA) is 62.7 Å². The Kier molecular flexibility index (Phi) is 9.00. The molecule has 2 aromatic heterocycles. The average Bonchev–Trinajstić information content (AvgIpc) is 3.33. The van der Waals surface area contributed by atoms with E-state index >= 15 is 0 Å². The van der Waals surface area contributed by atoms with Gasteiger partial charge >= 0.3 is 0 Å². The first-order valence-electron chi connectivity index (χ1n) is 20.3. The zero-order valence-corrected chi connectivity index (χ0v) is 32.7. The molecule has 0 saturated carbocycles. The number of benzene rings is 8. The van der Waals surface area contributed by atoms with Crippen molar-refractivity contribution >= 4 is 43.1 Å². The highest BCUT2D eigenvalue weighted by Crippen LogP contribution is 2.44. The van der Waals surface area contributed by atoms with Gasteiger partial charge in [0, 0.05) is 34.3 Å². The molecule has 8 aromatic carbocycles. The van der Waals surface area contributed by atoms with Gasteiger partial charge in [-0.1, -0.05) is 133 Å². The molecule has 60 heavy (non-hydrogen) atoms. The molecule has 2 aliphatic rings. The lowest BCUT2D eigenvalue weighted by atomic mass is 9.90. The summed E-state index contributed by atoms with van der Waals surface area (Å²) in [6, 6.07) is 59.0. The predicted octanol–water partition coefficient (Wildman–Crippen LogP) is 13.0. The number of nitrogens with zero attached hydrogens (tertiary/aromatic N) is 2. The van der Waals surface area contributed by atoms with Crippen LogP contribution in [0.1, 0.15) is 0 Å². The molecule has 12 rings (SSSR count). The minimum atomic E-state index is 0.575. The molecular weight excluding hydrogens is 741 g/mol. The van der Waals surface area contributed by atoms with Crippen molar-refractivity contribution in [2.24, 2.45) is 0 Å². The third kappa shape index (κ3) is 6.39. The van der Waals surface area contributed by atoms with Crippen LogP contribution in [-0.2, 0) is 0 Å². The fraction of sp³-hybridized carbons (Fsp3) is 0.0741. The molecule has 0 unspecified atom stereocenters. The molecule has 0 atom stereocenters. The van der Waals surface area contributed by atoms with Crippen molar-refractivity contribution in [1.82, 2.24) is 9.97 Å². The van der Waals surface area contributed by atoms with Crippen LogP contribution in [-0.4, -0.2) is 36.4 Å². The third-order valence-corrected chi connectivity index (χ3v) is 11.4. The van der Waals surface area contributed by atoms with E-state index in [-0.39, 0.29) is 0 Å². The molecular formula is C54H38N2O4. The van der Waals surface area contributed by atoms with Gasteiger partial charge in [-0.3, -0.25) is 9.97 Å².